The molecule has 0 unspecified atom stereocenters. The van der Waals surface area contributed by atoms with E-state index in [0.29, 0.717) is 17.9 Å². The van der Waals surface area contributed by atoms with Crippen molar-refractivity contribution in [2.24, 2.45) is 0 Å². The normalized spacial score (nSPS) is 17.3. The molecular weight excluding hydrogens is 388 g/mol. The maximum atomic E-state index is 13.4. The summed E-state index contributed by atoms with van der Waals surface area (Å²) in [6.45, 7) is 5.01. The lowest BCUT2D eigenvalue weighted by atomic mass is 10.2. The van der Waals surface area contributed by atoms with Crippen LogP contribution in [-0.4, -0.2) is 58.8 Å². The Bertz CT molecular complexity index is 1170. The number of likely N-dealkylation sites (N-methyl/N-ethyl adjacent to an activating group) is 1. The number of fused-ring (bicyclic) bond motifs is 2. The lowest BCUT2D eigenvalue weighted by molar-refractivity contribution is 0.310. The zero-order valence-corrected chi connectivity index (χ0v) is 17.2. The number of benzene rings is 2. The molecule has 2 aromatic carbocycles. The molecule has 7 nitrogen and oxygen atoms in total. The Balaban J connectivity index is 1.58. The Morgan fingerprint density at radius 2 is 1.83 bits per heavy atom. The van der Waals surface area contributed by atoms with Gasteiger partial charge in [0.05, 0.1) is 22.6 Å². The summed E-state index contributed by atoms with van der Waals surface area (Å²) >= 11 is 0. The minimum atomic E-state index is -3.73. The second kappa shape index (κ2) is 6.96. The van der Waals surface area contributed by atoms with Gasteiger partial charge in [-0.2, -0.15) is 0 Å². The van der Waals surface area contributed by atoms with Crippen LogP contribution in [0.3, 0.4) is 0 Å². The first-order valence-electron chi connectivity index (χ1n) is 9.85. The van der Waals surface area contributed by atoms with Gasteiger partial charge < -0.3 is 19.9 Å². The number of aromatic nitrogens is 1. The van der Waals surface area contributed by atoms with Crippen LogP contribution in [0.2, 0.25) is 0 Å². The second-order valence-corrected chi connectivity index (χ2v) is 9.28. The van der Waals surface area contributed by atoms with E-state index in [1.807, 2.05) is 31.3 Å². The van der Waals surface area contributed by atoms with Crippen molar-refractivity contribution in [3.8, 4) is 5.75 Å². The first-order chi connectivity index (χ1) is 14.1. The third kappa shape index (κ3) is 3.03. The summed E-state index contributed by atoms with van der Waals surface area (Å²) in [5, 5.41) is 4.30. The molecule has 1 aromatic heterocycles. The van der Waals surface area contributed by atoms with Crippen LogP contribution < -0.4 is 19.9 Å². The van der Waals surface area contributed by atoms with Crippen molar-refractivity contribution in [1.29, 1.82) is 0 Å². The zero-order chi connectivity index (χ0) is 20.0. The summed E-state index contributed by atoms with van der Waals surface area (Å²) in [6.07, 6.45) is 1.65. The topological polar surface area (TPSA) is 66.8 Å². The third-order valence-corrected chi connectivity index (χ3v) is 7.40. The van der Waals surface area contributed by atoms with Gasteiger partial charge >= 0.3 is 0 Å². The molecule has 3 heterocycles. The summed E-state index contributed by atoms with van der Waals surface area (Å²) < 4.78 is 34.0. The molecule has 29 heavy (non-hydrogen) atoms. The number of ether oxygens (including phenoxy) is 1. The first-order valence-corrected chi connectivity index (χ1v) is 11.3. The summed E-state index contributed by atoms with van der Waals surface area (Å²) in [5.74, 6) is 0.609. The van der Waals surface area contributed by atoms with E-state index in [2.05, 4.69) is 21.2 Å². The average molecular weight is 413 g/mol. The molecule has 0 atom stereocenters. The van der Waals surface area contributed by atoms with Gasteiger partial charge in [-0.15, -0.1) is 0 Å². The molecule has 3 aromatic rings. The van der Waals surface area contributed by atoms with E-state index >= 15 is 0 Å². The van der Waals surface area contributed by atoms with Crippen LogP contribution in [-0.2, 0) is 10.0 Å². The number of piperazine rings is 1. The second-order valence-electron chi connectivity index (χ2n) is 7.46. The van der Waals surface area contributed by atoms with Crippen LogP contribution in [0.15, 0.2) is 53.6 Å². The molecule has 2 aliphatic heterocycles. The Kier molecular flexibility index (Phi) is 4.40. The fourth-order valence-corrected chi connectivity index (χ4v) is 5.49. The van der Waals surface area contributed by atoms with Gasteiger partial charge in [-0.25, -0.2) is 12.4 Å². The number of hydrogen-bond donors (Lipinski definition) is 1. The Morgan fingerprint density at radius 1 is 1.00 bits per heavy atom. The summed E-state index contributed by atoms with van der Waals surface area (Å²) in [6, 6.07) is 12.9. The van der Waals surface area contributed by atoms with Gasteiger partial charge in [0, 0.05) is 56.6 Å². The Labute approximate surface area is 170 Å². The first kappa shape index (κ1) is 18.3. The van der Waals surface area contributed by atoms with Crippen LogP contribution in [0.4, 0.5) is 11.4 Å². The van der Waals surface area contributed by atoms with Crippen LogP contribution in [0.1, 0.15) is 0 Å². The molecule has 1 N–H and O–H groups in total. The number of hydrogen-bond acceptors (Lipinski definition) is 6. The quantitative estimate of drug-likeness (QED) is 0.711. The predicted molar refractivity (Wildman–Crippen MR) is 115 cm³/mol. The van der Waals surface area contributed by atoms with E-state index in [9.17, 15) is 8.42 Å². The zero-order valence-electron chi connectivity index (χ0n) is 16.3. The van der Waals surface area contributed by atoms with Gasteiger partial charge in [0.2, 0.25) is 0 Å². The fraction of sp³-hybridized carbons (Fsp3) is 0.333. The van der Waals surface area contributed by atoms with Crippen molar-refractivity contribution in [2.75, 3.05) is 56.2 Å². The Morgan fingerprint density at radius 3 is 2.66 bits per heavy atom. The monoisotopic (exact) mass is 412 g/mol. The standard InChI is InChI=1S/C21H24N4O3S/c1-23-13-14-28-21-15-16(5-6-20(21)23)29(26,27)25-10-7-17-18(3-2-4-19(17)25)24-11-8-22-9-12-24/h2-7,10,15,22H,8-9,11-14H2,1H3. The lowest BCUT2D eigenvalue weighted by Gasteiger charge is -2.30. The lowest BCUT2D eigenvalue weighted by Crippen LogP contribution is -2.43. The molecule has 5 rings (SSSR count). The maximum Gasteiger partial charge on any atom is 0.268 e. The Hall–Kier alpha value is -2.71. The van der Waals surface area contributed by atoms with Crippen molar-refractivity contribution in [3.05, 3.63) is 48.7 Å². The SMILES string of the molecule is CN1CCOc2cc(S(=O)(=O)n3ccc4c(N5CCNCC5)cccc43)ccc21. The van der Waals surface area contributed by atoms with Crippen LogP contribution in [0.5, 0.6) is 5.75 Å². The average Bonchev–Trinajstić information content (AvgIpc) is 3.19. The van der Waals surface area contributed by atoms with Gasteiger partial charge in [-0.1, -0.05) is 6.07 Å². The van der Waals surface area contributed by atoms with E-state index in [-0.39, 0.29) is 4.90 Å². The van der Waals surface area contributed by atoms with Crippen molar-refractivity contribution < 1.29 is 13.2 Å². The number of nitrogens with zero attached hydrogens (tertiary/aromatic N) is 3. The van der Waals surface area contributed by atoms with Crippen molar-refractivity contribution in [2.45, 2.75) is 4.90 Å². The van der Waals surface area contributed by atoms with Crippen LogP contribution in [0.25, 0.3) is 10.9 Å². The highest BCUT2D eigenvalue weighted by molar-refractivity contribution is 7.90. The summed E-state index contributed by atoms with van der Waals surface area (Å²) in [4.78, 5) is 4.61. The number of anilines is 2. The molecule has 0 radical (unpaired) electrons. The molecule has 0 saturated carbocycles. The highest BCUT2D eigenvalue weighted by Gasteiger charge is 2.24. The largest absolute Gasteiger partial charge is 0.490 e. The highest BCUT2D eigenvalue weighted by Crippen LogP contribution is 2.35. The minimum absolute atomic E-state index is 0.233. The van der Waals surface area contributed by atoms with Crippen molar-refractivity contribution in [3.63, 3.8) is 0 Å². The molecule has 1 saturated heterocycles. The number of rotatable bonds is 3. The van der Waals surface area contributed by atoms with Gasteiger partial charge in [0.1, 0.15) is 12.4 Å². The van der Waals surface area contributed by atoms with Gasteiger partial charge in [0.25, 0.3) is 10.0 Å². The minimum Gasteiger partial charge on any atom is -0.490 e. The van der Waals surface area contributed by atoms with E-state index in [4.69, 9.17) is 4.74 Å². The third-order valence-electron chi connectivity index (χ3n) is 5.72. The predicted octanol–water partition coefficient (Wildman–Crippen LogP) is 2.12. The molecule has 0 spiro atoms. The molecule has 0 bridgehead atoms. The smallest absolute Gasteiger partial charge is 0.268 e. The van der Waals surface area contributed by atoms with Gasteiger partial charge in [-0.3, -0.25) is 0 Å². The molecular formula is C21H24N4O3S. The molecule has 8 heteroatoms. The molecule has 0 aliphatic carbocycles. The van der Waals surface area contributed by atoms with E-state index in [1.165, 1.54) is 3.97 Å². The van der Waals surface area contributed by atoms with Crippen LogP contribution in [0, 0.1) is 0 Å². The van der Waals surface area contributed by atoms with Crippen LogP contribution >= 0.6 is 0 Å². The molecule has 0 amide bonds. The summed E-state index contributed by atoms with van der Waals surface area (Å²) in [5.41, 5.74) is 2.68. The maximum absolute atomic E-state index is 13.4. The van der Waals surface area contributed by atoms with E-state index in [1.54, 1.807) is 18.3 Å². The van der Waals surface area contributed by atoms with Crippen molar-refractivity contribution >= 4 is 32.3 Å². The summed E-state index contributed by atoms with van der Waals surface area (Å²) in [7, 11) is -1.75. The molecule has 2 aliphatic rings. The fourth-order valence-electron chi connectivity index (χ4n) is 4.13. The van der Waals surface area contributed by atoms with Gasteiger partial charge in [0.15, 0.2) is 0 Å². The van der Waals surface area contributed by atoms with Crippen molar-refractivity contribution in [1.82, 2.24) is 9.29 Å². The highest BCUT2D eigenvalue weighted by atomic mass is 32.2. The van der Waals surface area contributed by atoms with E-state index in [0.717, 1.165) is 49.5 Å². The number of nitrogens with one attached hydrogen (secondary N) is 1. The molecule has 1 fully saturated rings. The van der Waals surface area contributed by atoms with E-state index < -0.39 is 10.0 Å². The van der Waals surface area contributed by atoms with Gasteiger partial charge in [-0.05, 0) is 30.3 Å². The molecule has 152 valence electrons.